The lowest BCUT2D eigenvalue weighted by molar-refractivity contribution is -0.138. The largest absolute Gasteiger partial charge is 0.497 e. The number of esters is 1. The molecule has 0 saturated heterocycles. The average molecular weight is 508 g/mol. The van der Waals surface area contributed by atoms with Crippen molar-refractivity contribution in [1.29, 1.82) is 0 Å². The standard InChI is InChI=1S/C26H25N3O6S/c1-4-35-26(32)20-19(15-8-6-10-17(13-15)34-3)21(23(28)30)25-29(22(20)27)24(31)18(36-25)12-14-7-5-9-16(11-14)33-2/h5-13,19H,4,27H2,1-3H3,(H2,28,30)/b18-12-. The van der Waals surface area contributed by atoms with E-state index in [1.807, 2.05) is 6.07 Å². The van der Waals surface area contributed by atoms with Gasteiger partial charge in [-0.2, -0.15) is 0 Å². The second kappa shape index (κ2) is 10.1. The van der Waals surface area contributed by atoms with Gasteiger partial charge in [0, 0.05) is 0 Å². The first kappa shape index (κ1) is 24.8. The number of rotatable bonds is 7. The molecule has 4 rings (SSSR count). The molecule has 0 bridgehead atoms. The van der Waals surface area contributed by atoms with E-state index in [4.69, 9.17) is 25.7 Å². The number of ether oxygens (including phenoxy) is 3. The van der Waals surface area contributed by atoms with Crippen molar-refractivity contribution >= 4 is 40.7 Å². The van der Waals surface area contributed by atoms with Gasteiger partial charge >= 0.3 is 5.97 Å². The second-order valence-electron chi connectivity index (χ2n) is 7.84. The fraction of sp³-hybridized carbons (Fsp3) is 0.192. The zero-order valence-corrected chi connectivity index (χ0v) is 20.8. The molecule has 0 saturated carbocycles. The highest BCUT2D eigenvalue weighted by atomic mass is 32.1. The highest BCUT2D eigenvalue weighted by molar-refractivity contribution is 7.07. The van der Waals surface area contributed by atoms with Crippen LogP contribution in [0.25, 0.3) is 17.5 Å². The van der Waals surface area contributed by atoms with Gasteiger partial charge in [-0.15, -0.1) is 11.3 Å². The summed E-state index contributed by atoms with van der Waals surface area (Å²) in [4.78, 5) is 39.4. The van der Waals surface area contributed by atoms with Crippen molar-refractivity contribution in [2.24, 2.45) is 11.5 Å². The molecule has 0 spiro atoms. The molecule has 1 aliphatic rings. The number of nitrogens with two attached hydrogens (primary N) is 2. The molecule has 1 atom stereocenters. The van der Waals surface area contributed by atoms with Crippen LogP contribution in [0.3, 0.4) is 0 Å². The number of amides is 1. The Kier molecular flexibility index (Phi) is 6.98. The zero-order valence-electron chi connectivity index (χ0n) is 19.9. The van der Waals surface area contributed by atoms with E-state index in [-0.39, 0.29) is 28.2 Å². The van der Waals surface area contributed by atoms with E-state index in [9.17, 15) is 14.4 Å². The van der Waals surface area contributed by atoms with Gasteiger partial charge in [-0.3, -0.25) is 14.2 Å². The van der Waals surface area contributed by atoms with Crippen molar-refractivity contribution in [2.45, 2.75) is 12.8 Å². The monoisotopic (exact) mass is 507 g/mol. The molecule has 1 amide bonds. The van der Waals surface area contributed by atoms with Crippen molar-refractivity contribution in [3.63, 3.8) is 0 Å². The molecule has 0 aliphatic carbocycles. The first-order valence-corrected chi connectivity index (χ1v) is 11.8. The number of nitrogens with zero attached hydrogens (tertiary/aromatic N) is 1. The Morgan fingerprint density at radius 1 is 1.06 bits per heavy atom. The number of hydrogen-bond acceptors (Lipinski definition) is 8. The van der Waals surface area contributed by atoms with Crippen LogP contribution in [0.2, 0.25) is 0 Å². The van der Waals surface area contributed by atoms with Crippen molar-refractivity contribution in [3.8, 4) is 11.5 Å². The van der Waals surface area contributed by atoms with Crippen LogP contribution in [0.5, 0.6) is 11.5 Å². The Morgan fingerprint density at radius 2 is 1.72 bits per heavy atom. The first-order chi connectivity index (χ1) is 17.3. The molecule has 0 fully saturated rings. The Hall–Kier alpha value is -4.31. The summed E-state index contributed by atoms with van der Waals surface area (Å²) >= 11 is 1.06. The lowest BCUT2D eigenvalue weighted by atomic mass is 9.83. The van der Waals surface area contributed by atoms with E-state index in [0.717, 1.165) is 15.9 Å². The molecule has 1 aromatic heterocycles. The Bertz CT molecular complexity index is 1570. The van der Waals surface area contributed by atoms with Crippen LogP contribution in [0.15, 0.2) is 58.9 Å². The first-order valence-electron chi connectivity index (χ1n) is 11.0. The van der Waals surface area contributed by atoms with Gasteiger partial charge in [0.25, 0.3) is 5.56 Å². The molecule has 1 aliphatic heterocycles. The van der Waals surface area contributed by atoms with Crippen molar-refractivity contribution in [2.75, 3.05) is 20.8 Å². The van der Waals surface area contributed by atoms with E-state index < -0.39 is 23.4 Å². The third-order valence-electron chi connectivity index (χ3n) is 5.73. The molecule has 1 unspecified atom stereocenters. The van der Waals surface area contributed by atoms with Gasteiger partial charge in [0.2, 0.25) is 5.91 Å². The molecular formula is C26H25N3O6S. The van der Waals surface area contributed by atoms with Gasteiger partial charge in [0.05, 0.1) is 42.4 Å². The number of primary amides is 1. The van der Waals surface area contributed by atoms with E-state index in [1.165, 1.54) is 7.11 Å². The van der Waals surface area contributed by atoms with Gasteiger partial charge in [-0.1, -0.05) is 24.3 Å². The van der Waals surface area contributed by atoms with Crippen LogP contribution in [-0.4, -0.2) is 37.3 Å². The minimum atomic E-state index is -0.959. The molecule has 186 valence electrons. The lowest BCUT2D eigenvalue weighted by Gasteiger charge is -2.26. The summed E-state index contributed by atoms with van der Waals surface area (Å²) in [5, 5.41) is 0. The van der Waals surface area contributed by atoms with Gasteiger partial charge in [-0.25, -0.2) is 4.79 Å². The summed E-state index contributed by atoms with van der Waals surface area (Å²) in [6.45, 7) is 1.73. The average Bonchev–Trinajstić information content (AvgIpc) is 3.19. The summed E-state index contributed by atoms with van der Waals surface area (Å²) in [7, 11) is 3.06. The quantitative estimate of drug-likeness (QED) is 0.453. The third-order valence-corrected chi connectivity index (χ3v) is 6.84. The van der Waals surface area contributed by atoms with Gasteiger partial charge in [0.1, 0.15) is 22.0 Å². The topological polar surface area (TPSA) is 136 Å². The summed E-state index contributed by atoms with van der Waals surface area (Å²) < 4.78 is 17.6. The number of methoxy groups -OCH3 is 2. The van der Waals surface area contributed by atoms with Gasteiger partial charge in [-0.05, 0) is 48.4 Å². The van der Waals surface area contributed by atoms with Crippen LogP contribution in [0, 0.1) is 0 Å². The van der Waals surface area contributed by atoms with Crippen molar-refractivity contribution < 1.29 is 23.8 Å². The van der Waals surface area contributed by atoms with E-state index in [0.29, 0.717) is 27.2 Å². The molecular weight excluding hydrogens is 482 g/mol. The van der Waals surface area contributed by atoms with Crippen LogP contribution in [0.1, 0.15) is 24.0 Å². The maximum Gasteiger partial charge on any atom is 0.338 e. The number of benzene rings is 2. The number of hydrogen-bond donors (Lipinski definition) is 2. The minimum absolute atomic E-state index is 0.0424. The molecule has 3 aromatic rings. The SMILES string of the molecule is CCOC(=O)C1=C(N)n2c(s/c(=C\c3cccc(OC)c3)c2=O)=C(C(N)=O)C1c1cccc(OC)c1. The molecule has 2 aromatic carbocycles. The minimum Gasteiger partial charge on any atom is -0.497 e. The van der Waals surface area contributed by atoms with Crippen molar-refractivity contribution in [3.05, 3.63) is 84.8 Å². The van der Waals surface area contributed by atoms with E-state index in [1.54, 1.807) is 62.6 Å². The zero-order chi connectivity index (χ0) is 26.0. The summed E-state index contributed by atoms with van der Waals surface area (Å²) in [6, 6.07) is 14.0. The molecule has 36 heavy (non-hydrogen) atoms. The summed E-state index contributed by atoms with van der Waals surface area (Å²) in [6.07, 6.45) is 1.66. The molecule has 0 radical (unpaired) electrons. The van der Waals surface area contributed by atoms with Crippen molar-refractivity contribution in [1.82, 2.24) is 4.57 Å². The predicted octanol–water partition coefficient (Wildman–Crippen LogP) is 0.880. The number of carbonyl (C=O) groups is 2. The van der Waals surface area contributed by atoms with E-state index in [2.05, 4.69) is 0 Å². The van der Waals surface area contributed by atoms with Gasteiger partial charge in [0.15, 0.2) is 0 Å². The smallest absolute Gasteiger partial charge is 0.338 e. The van der Waals surface area contributed by atoms with Crippen LogP contribution < -0.4 is 35.7 Å². The Labute approximate surface area is 210 Å². The number of carbonyl (C=O) groups excluding carboxylic acids is 2. The predicted molar refractivity (Wildman–Crippen MR) is 137 cm³/mol. The third kappa shape index (κ3) is 4.38. The van der Waals surface area contributed by atoms with Gasteiger partial charge < -0.3 is 25.7 Å². The molecule has 9 nitrogen and oxygen atoms in total. The number of aromatic nitrogens is 1. The highest BCUT2D eigenvalue weighted by Crippen LogP contribution is 2.38. The molecule has 4 N–H and O–H groups in total. The highest BCUT2D eigenvalue weighted by Gasteiger charge is 2.38. The van der Waals surface area contributed by atoms with E-state index >= 15 is 0 Å². The maximum atomic E-state index is 13.5. The fourth-order valence-electron chi connectivity index (χ4n) is 4.13. The van der Waals surface area contributed by atoms with Crippen LogP contribution in [-0.2, 0) is 14.3 Å². The summed E-state index contributed by atoms with van der Waals surface area (Å²) in [5.74, 6) is -1.48. The Morgan fingerprint density at radius 3 is 2.36 bits per heavy atom. The maximum absolute atomic E-state index is 13.5. The normalized spacial score (nSPS) is 15.5. The lowest BCUT2D eigenvalue weighted by Crippen LogP contribution is -2.42. The fourth-order valence-corrected chi connectivity index (χ4v) is 5.32. The number of thiazole rings is 1. The second-order valence-corrected chi connectivity index (χ2v) is 8.87. The number of fused-ring (bicyclic) bond motifs is 1. The molecule has 10 heteroatoms. The van der Waals surface area contributed by atoms with Crippen LogP contribution >= 0.6 is 11.3 Å². The summed E-state index contributed by atoms with van der Waals surface area (Å²) in [5.41, 5.74) is 13.1. The molecule has 2 heterocycles. The Balaban J connectivity index is 2.08. The van der Waals surface area contributed by atoms with Crippen LogP contribution in [0.4, 0.5) is 0 Å².